The fourth-order valence-corrected chi connectivity index (χ4v) is 0. The highest BCUT2D eigenvalue weighted by Gasteiger charge is 1.95. The van der Waals surface area contributed by atoms with Gasteiger partial charge in [-0.05, 0) is 20.8 Å². The van der Waals surface area contributed by atoms with Gasteiger partial charge in [-0.25, -0.2) is 0 Å². The van der Waals surface area contributed by atoms with Crippen molar-refractivity contribution in [2.24, 2.45) is 5.73 Å². The van der Waals surface area contributed by atoms with Crippen LogP contribution in [0.25, 0.3) is 0 Å². The SMILES string of the molecule is CC(C)(C)N.Cl.[B]. The first kappa shape index (κ1) is 15.7. The molecule has 0 aliphatic rings. The van der Waals surface area contributed by atoms with E-state index in [0.29, 0.717) is 0 Å². The maximum Gasteiger partial charge on any atom is 0.00686 e. The van der Waals surface area contributed by atoms with Crippen molar-refractivity contribution in [3.05, 3.63) is 0 Å². The zero-order valence-corrected chi connectivity index (χ0v) is 5.88. The van der Waals surface area contributed by atoms with Gasteiger partial charge in [-0.15, -0.1) is 12.4 Å². The van der Waals surface area contributed by atoms with E-state index in [2.05, 4.69) is 0 Å². The van der Waals surface area contributed by atoms with Gasteiger partial charge < -0.3 is 5.73 Å². The third-order valence-electron chi connectivity index (χ3n) is 0. The van der Waals surface area contributed by atoms with E-state index < -0.39 is 0 Å². The lowest BCUT2D eigenvalue weighted by Gasteiger charge is -2.06. The summed E-state index contributed by atoms with van der Waals surface area (Å²) < 4.78 is 0. The summed E-state index contributed by atoms with van der Waals surface area (Å²) in [5.41, 5.74) is 5.35. The first-order valence-corrected chi connectivity index (χ1v) is 1.79. The van der Waals surface area contributed by atoms with E-state index in [-0.39, 0.29) is 26.4 Å². The molecule has 0 saturated heterocycles. The Bertz CT molecular complexity index is 27.2. The molecule has 3 radical (unpaired) electrons. The molecule has 0 unspecified atom stereocenters. The molecular formula is C4H12BClN. The van der Waals surface area contributed by atoms with Crippen molar-refractivity contribution in [2.45, 2.75) is 26.3 Å². The Balaban J connectivity index is -0.0000000800. The molecule has 0 rings (SSSR count). The molecule has 2 N–H and O–H groups in total. The smallest absolute Gasteiger partial charge is 0.00686 e. The van der Waals surface area contributed by atoms with E-state index in [1.807, 2.05) is 20.8 Å². The van der Waals surface area contributed by atoms with E-state index in [9.17, 15) is 0 Å². The zero-order valence-electron chi connectivity index (χ0n) is 5.06. The van der Waals surface area contributed by atoms with Gasteiger partial charge >= 0.3 is 0 Å². The van der Waals surface area contributed by atoms with E-state index in [1.54, 1.807) is 0 Å². The average Bonchev–Trinajstić information content (AvgIpc) is 0.722. The maximum absolute atomic E-state index is 5.35. The Morgan fingerprint density at radius 1 is 1.14 bits per heavy atom. The predicted molar refractivity (Wildman–Crippen MR) is 36.9 cm³/mol. The van der Waals surface area contributed by atoms with Gasteiger partial charge in [0.05, 0.1) is 0 Å². The highest BCUT2D eigenvalue weighted by atomic mass is 35.5. The average molecular weight is 120 g/mol. The third kappa shape index (κ3) is 1190. The minimum atomic E-state index is 0. The lowest BCUT2D eigenvalue weighted by atomic mass is 10.1. The third-order valence-corrected chi connectivity index (χ3v) is 0. The van der Waals surface area contributed by atoms with Gasteiger partial charge in [-0.2, -0.15) is 0 Å². The van der Waals surface area contributed by atoms with Crippen LogP contribution in [-0.2, 0) is 0 Å². The number of nitrogens with two attached hydrogens (primary N) is 1. The summed E-state index contributed by atoms with van der Waals surface area (Å²) in [6.45, 7) is 5.90. The number of hydrogen-bond acceptors (Lipinski definition) is 1. The molecule has 0 heterocycles. The van der Waals surface area contributed by atoms with Crippen molar-refractivity contribution >= 4 is 20.8 Å². The molecule has 1 nitrogen and oxygen atoms in total. The molecule has 0 atom stereocenters. The van der Waals surface area contributed by atoms with Gasteiger partial charge in [0.25, 0.3) is 0 Å². The molecule has 0 spiro atoms. The first-order chi connectivity index (χ1) is 2.00. The minimum absolute atomic E-state index is 0. The molecule has 7 heavy (non-hydrogen) atoms. The Hall–Kier alpha value is 0.315. The molecule has 0 aliphatic carbocycles. The summed E-state index contributed by atoms with van der Waals surface area (Å²) in [7, 11) is 0. The lowest BCUT2D eigenvalue weighted by Crippen LogP contribution is -2.26. The van der Waals surface area contributed by atoms with E-state index in [0.717, 1.165) is 0 Å². The molecule has 0 amide bonds. The van der Waals surface area contributed by atoms with Crippen molar-refractivity contribution in [2.75, 3.05) is 0 Å². The monoisotopic (exact) mass is 120 g/mol. The molecular weight excluding hydrogens is 108 g/mol. The zero-order chi connectivity index (χ0) is 4.50. The maximum atomic E-state index is 5.35. The fraction of sp³-hybridized carbons (Fsp3) is 1.00. The van der Waals surface area contributed by atoms with Gasteiger partial charge in [-0.1, -0.05) is 0 Å². The Morgan fingerprint density at radius 2 is 1.14 bits per heavy atom. The largest absolute Gasteiger partial charge is 0.326 e. The quantitative estimate of drug-likeness (QED) is 0.470. The summed E-state index contributed by atoms with van der Waals surface area (Å²) in [5.74, 6) is 0. The summed E-state index contributed by atoms with van der Waals surface area (Å²) >= 11 is 0. The van der Waals surface area contributed by atoms with Crippen LogP contribution in [0.2, 0.25) is 0 Å². The van der Waals surface area contributed by atoms with Gasteiger partial charge in [0, 0.05) is 14.0 Å². The van der Waals surface area contributed by atoms with Crippen LogP contribution in [0.3, 0.4) is 0 Å². The fourth-order valence-electron chi connectivity index (χ4n) is 0. The second-order valence-electron chi connectivity index (χ2n) is 2.37. The highest BCUT2D eigenvalue weighted by molar-refractivity contribution is 5.85. The molecule has 0 bridgehead atoms. The van der Waals surface area contributed by atoms with Crippen molar-refractivity contribution in [1.29, 1.82) is 0 Å². The molecule has 0 aromatic heterocycles. The van der Waals surface area contributed by atoms with E-state index >= 15 is 0 Å². The van der Waals surface area contributed by atoms with Crippen LogP contribution in [0.1, 0.15) is 20.8 Å². The normalized spacial score (nSPS) is 8.57. The van der Waals surface area contributed by atoms with Gasteiger partial charge in [0.1, 0.15) is 0 Å². The van der Waals surface area contributed by atoms with Crippen molar-refractivity contribution < 1.29 is 0 Å². The molecule has 43 valence electrons. The van der Waals surface area contributed by atoms with Gasteiger partial charge in [-0.3, -0.25) is 0 Å². The molecule has 0 fully saturated rings. The van der Waals surface area contributed by atoms with Crippen LogP contribution in [-0.4, -0.2) is 14.0 Å². The molecule has 3 heteroatoms. The summed E-state index contributed by atoms with van der Waals surface area (Å²) in [5, 5.41) is 0. The number of rotatable bonds is 0. The van der Waals surface area contributed by atoms with Gasteiger partial charge in [0.15, 0.2) is 0 Å². The standard InChI is InChI=1S/C4H11N.B.ClH/c1-4(2,3)5;;/h5H2,1-3H3;;1H. The topological polar surface area (TPSA) is 26.0 Å². The van der Waals surface area contributed by atoms with E-state index in [4.69, 9.17) is 5.73 Å². The van der Waals surface area contributed by atoms with Crippen LogP contribution in [0.15, 0.2) is 0 Å². The molecule has 0 saturated carbocycles. The minimum Gasteiger partial charge on any atom is -0.326 e. The van der Waals surface area contributed by atoms with E-state index in [1.165, 1.54) is 0 Å². The van der Waals surface area contributed by atoms with Crippen molar-refractivity contribution in [1.82, 2.24) is 0 Å². The van der Waals surface area contributed by atoms with Crippen LogP contribution >= 0.6 is 12.4 Å². The summed E-state index contributed by atoms with van der Waals surface area (Å²) in [6.07, 6.45) is 0. The summed E-state index contributed by atoms with van der Waals surface area (Å²) in [6, 6.07) is 0. The second-order valence-corrected chi connectivity index (χ2v) is 2.37. The van der Waals surface area contributed by atoms with Crippen LogP contribution in [0.4, 0.5) is 0 Å². The molecule has 0 aromatic carbocycles. The Morgan fingerprint density at radius 3 is 1.14 bits per heavy atom. The predicted octanol–water partition coefficient (Wildman–Crippen LogP) is 0.785. The molecule has 0 aromatic rings. The first-order valence-electron chi connectivity index (χ1n) is 1.79. The second kappa shape index (κ2) is 4.47. The Kier molecular flexibility index (Phi) is 10.0. The number of hydrogen-bond donors (Lipinski definition) is 1. The van der Waals surface area contributed by atoms with Crippen LogP contribution < -0.4 is 5.73 Å². The van der Waals surface area contributed by atoms with Crippen LogP contribution in [0.5, 0.6) is 0 Å². The highest BCUT2D eigenvalue weighted by Crippen LogP contribution is 1.88. The number of halogens is 1. The van der Waals surface area contributed by atoms with Crippen LogP contribution in [0, 0.1) is 0 Å². The van der Waals surface area contributed by atoms with Crippen molar-refractivity contribution in [3.8, 4) is 0 Å². The lowest BCUT2D eigenvalue weighted by molar-refractivity contribution is 0.580. The Labute approximate surface area is 53.6 Å². The van der Waals surface area contributed by atoms with Gasteiger partial charge in [0.2, 0.25) is 0 Å². The van der Waals surface area contributed by atoms with Crippen molar-refractivity contribution in [3.63, 3.8) is 0 Å². The molecule has 0 aliphatic heterocycles. The summed E-state index contributed by atoms with van der Waals surface area (Å²) in [4.78, 5) is 0.